The van der Waals surface area contributed by atoms with E-state index in [-0.39, 0.29) is 11.4 Å². The lowest BCUT2D eigenvalue weighted by molar-refractivity contribution is 0.128. The fourth-order valence-electron chi connectivity index (χ4n) is 2.77. The van der Waals surface area contributed by atoms with Crippen molar-refractivity contribution in [3.05, 3.63) is 29.6 Å². The fourth-order valence-corrected chi connectivity index (χ4v) is 2.77. The first-order valence-corrected chi connectivity index (χ1v) is 7.26. The highest BCUT2D eigenvalue weighted by Gasteiger charge is 2.27. The van der Waals surface area contributed by atoms with Gasteiger partial charge in [0.2, 0.25) is 0 Å². The number of halogens is 1. The second kappa shape index (κ2) is 5.70. The third kappa shape index (κ3) is 3.30. The predicted molar refractivity (Wildman–Crippen MR) is 80.6 cm³/mol. The van der Waals surface area contributed by atoms with E-state index in [1.54, 1.807) is 13.0 Å². The Morgan fingerprint density at radius 2 is 1.75 bits per heavy atom. The Balaban J connectivity index is 2.15. The van der Waals surface area contributed by atoms with E-state index in [1.807, 2.05) is 0 Å². The molecule has 2 rings (SSSR count). The van der Waals surface area contributed by atoms with E-state index in [0.717, 1.165) is 31.9 Å². The molecule has 1 aromatic carbocycles. The van der Waals surface area contributed by atoms with Gasteiger partial charge in [0.25, 0.3) is 0 Å². The highest BCUT2D eigenvalue weighted by atomic mass is 19.1. The molecule has 1 fully saturated rings. The molecular weight excluding hydrogens is 255 g/mol. The van der Waals surface area contributed by atoms with E-state index in [9.17, 15) is 9.50 Å². The van der Waals surface area contributed by atoms with Crippen molar-refractivity contribution in [1.29, 1.82) is 0 Å². The number of rotatable bonds is 2. The maximum absolute atomic E-state index is 13.4. The molecule has 0 bridgehead atoms. The molecule has 0 aromatic heterocycles. The Hall–Kier alpha value is -1.13. The summed E-state index contributed by atoms with van der Waals surface area (Å²) in [6, 6.07) is 4.69. The van der Waals surface area contributed by atoms with Gasteiger partial charge < -0.3 is 10.0 Å². The van der Waals surface area contributed by atoms with Gasteiger partial charge in [-0.1, -0.05) is 0 Å². The van der Waals surface area contributed by atoms with Crippen LogP contribution in [0.1, 0.15) is 39.4 Å². The Labute approximate surface area is 121 Å². The molecule has 4 heteroatoms. The summed E-state index contributed by atoms with van der Waals surface area (Å²) in [4.78, 5) is 4.69. The van der Waals surface area contributed by atoms with Gasteiger partial charge in [0.15, 0.2) is 0 Å². The van der Waals surface area contributed by atoms with Crippen molar-refractivity contribution in [1.82, 2.24) is 4.90 Å². The summed E-state index contributed by atoms with van der Waals surface area (Å²) in [6.45, 7) is 12.1. The average molecular weight is 280 g/mol. The summed E-state index contributed by atoms with van der Waals surface area (Å²) in [5.74, 6) is -0.294. The minimum absolute atomic E-state index is 0.183. The van der Waals surface area contributed by atoms with Gasteiger partial charge >= 0.3 is 0 Å². The van der Waals surface area contributed by atoms with Crippen LogP contribution in [0.25, 0.3) is 0 Å². The van der Waals surface area contributed by atoms with Crippen molar-refractivity contribution in [3.8, 4) is 0 Å². The van der Waals surface area contributed by atoms with Gasteiger partial charge in [-0.15, -0.1) is 0 Å². The minimum atomic E-state index is -0.652. The van der Waals surface area contributed by atoms with Crippen molar-refractivity contribution in [3.63, 3.8) is 0 Å². The van der Waals surface area contributed by atoms with E-state index >= 15 is 0 Å². The molecule has 1 aromatic rings. The molecule has 1 N–H and O–H groups in total. The molecular formula is C16H25FN2O. The fraction of sp³-hybridized carbons (Fsp3) is 0.625. The van der Waals surface area contributed by atoms with Crippen LogP contribution >= 0.6 is 0 Å². The second-order valence-electron chi connectivity index (χ2n) is 6.52. The number of hydrogen-bond donors (Lipinski definition) is 1. The molecule has 1 heterocycles. The van der Waals surface area contributed by atoms with Gasteiger partial charge in [0, 0.05) is 43.0 Å². The highest BCUT2D eigenvalue weighted by Crippen LogP contribution is 2.29. The first kappa shape index (κ1) is 15.3. The Morgan fingerprint density at radius 1 is 1.15 bits per heavy atom. The molecule has 3 nitrogen and oxygen atoms in total. The van der Waals surface area contributed by atoms with Crippen LogP contribution in [0.15, 0.2) is 18.2 Å². The molecule has 1 aliphatic heterocycles. The zero-order valence-electron chi connectivity index (χ0n) is 12.9. The topological polar surface area (TPSA) is 26.7 Å². The zero-order chi connectivity index (χ0) is 14.9. The number of aliphatic hydroxyl groups excluding tert-OH is 1. The normalized spacial score (nSPS) is 19.2. The van der Waals surface area contributed by atoms with Crippen molar-refractivity contribution in [2.45, 2.75) is 39.3 Å². The molecule has 0 amide bonds. The van der Waals surface area contributed by atoms with Gasteiger partial charge in [-0.25, -0.2) is 4.39 Å². The van der Waals surface area contributed by atoms with Crippen LogP contribution in [0.4, 0.5) is 10.1 Å². The lowest BCUT2D eigenvalue weighted by Crippen LogP contribution is -2.53. The van der Waals surface area contributed by atoms with Crippen LogP contribution in [0.5, 0.6) is 0 Å². The summed E-state index contributed by atoms with van der Waals surface area (Å²) >= 11 is 0. The second-order valence-corrected chi connectivity index (χ2v) is 6.52. The Morgan fingerprint density at radius 3 is 2.25 bits per heavy atom. The van der Waals surface area contributed by atoms with Gasteiger partial charge in [-0.05, 0) is 45.9 Å². The van der Waals surface area contributed by atoms with Gasteiger partial charge in [-0.3, -0.25) is 4.90 Å². The predicted octanol–water partition coefficient (Wildman–Crippen LogP) is 2.80. The number of piperazine rings is 1. The Bertz CT molecular complexity index is 460. The first-order chi connectivity index (χ1) is 9.29. The van der Waals surface area contributed by atoms with E-state index in [0.29, 0.717) is 5.56 Å². The van der Waals surface area contributed by atoms with Gasteiger partial charge in [-0.2, -0.15) is 0 Å². The molecule has 1 aliphatic rings. The summed E-state index contributed by atoms with van der Waals surface area (Å²) in [5.41, 5.74) is 1.81. The number of benzene rings is 1. The molecule has 1 atom stereocenters. The molecule has 0 radical (unpaired) electrons. The third-order valence-electron chi connectivity index (χ3n) is 4.01. The molecule has 1 saturated heterocycles. The number of hydrogen-bond acceptors (Lipinski definition) is 3. The quantitative estimate of drug-likeness (QED) is 0.902. The van der Waals surface area contributed by atoms with Crippen LogP contribution in [0, 0.1) is 5.82 Å². The number of aliphatic hydroxyl groups is 1. The smallest absolute Gasteiger partial charge is 0.123 e. The molecule has 0 aliphatic carbocycles. The van der Waals surface area contributed by atoms with Crippen molar-refractivity contribution in [2.24, 2.45) is 0 Å². The summed E-state index contributed by atoms with van der Waals surface area (Å²) in [5, 5.41) is 9.84. The molecule has 20 heavy (non-hydrogen) atoms. The summed E-state index contributed by atoms with van der Waals surface area (Å²) in [6.07, 6.45) is -0.652. The minimum Gasteiger partial charge on any atom is -0.389 e. The molecule has 0 spiro atoms. The number of nitrogens with zero attached hydrogens (tertiary/aromatic N) is 2. The van der Waals surface area contributed by atoms with Gasteiger partial charge in [0.05, 0.1) is 6.10 Å². The molecule has 112 valence electrons. The van der Waals surface area contributed by atoms with Crippen LogP contribution < -0.4 is 4.90 Å². The SMILES string of the molecule is C[C@@H](O)c1cc(F)ccc1N1CCN(C(C)(C)C)CC1. The first-order valence-electron chi connectivity index (χ1n) is 7.26. The summed E-state index contributed by atoms with van der Waals surface area (Å²) in [7, 11) is 0. The van der Waals surface area contributed by atoms with E-state index in [2.05, 4.69) is 30.6 Å². The zero-order valence-corrected chi connectivity index (χ0v) is 12.9. The monoisotopic (exact) mass is 280 g/mol. The van der Waals surface area contributed by atoms with Crippen LogP contribution in [0.3, 0.4) is 0 Å². The lowest BCUT2D eigenvalue weighted by atomic mass is 10.0. The third-order valence-corrected chi connectivity index (χ3v) is 4.01. The average Bonchev–Trinajstić information content (AvgIpc) is 2.37. The number of anilines is 1. The van der Waals surface area contributed by atoms with E-state index < -0.39 is 6.10 Å². The maximum atomic E-state index is 13.4. The van der Waals surface area contributed by atoms with Crippen LogP contribution in [0.2, 0.25) is 0 Å². The van der Waals surface area contributed by atoms with Crippen LogP contribution in [-0.2, 0) is 0 Å². The lowest BCUT2D eigenvalue weighted by Gasteiger charge is -2.43. The summed E-state index contributed by atoms with van der Waals surface area (Å²) < 4.78 is 13.4. The van der Waals surface area contributed by atoms with Crippen molar-refractivity contribution < 1.29 is 9.50 Å². The van der Waals surface area contributed by atoms with E-state index in [4.69, 9.17) is 0 Å². The van der Waals surface area contributed by atoms with E-state index in [1.165, 1.54) is 12.1 Å². The van der Waals surface area contributed by atoms with Crippen LogP contribution in [-0.4, -0.2) is 41.7 Å². The van der Waals surface area contributed by atoms with Crippen molar-refractivity contribution >= 4 is 5.69 Å². The largest absolute Gasteiger partial charge is 0.389 e. The standard InChI is InChI=1S/C16H25FN2O/c1-12(20)14-11-13(17)5-6-15(14)18-7-9-19(10-8-18)16(2,3)4/h5-6,11-12,20H,7-10H2,1-4H3/t12-/m1/s1. The van der Waals surface area contributed by atoms with Crippen molar-refractivity contribution in [2.75, 3.05) is 31.1 Å². The van der Waals surface area contributed by atoms with Gasteiger partial charge in [0.1, 0.15) is 5.82 Å². The molecule has 0 saturated carbocycles. The molecule has 0 unspecified atom stereocenters. The highest BCUT2D eigenvalue weighted by molar-refractivity contribution is 5.55. The Kier molecular flexibility index (Phi) is 4.35. The maximum Gasteiger partial charge on any atom is 0.123 e.